The summed E-state index contributed by atoms with van der Waals surface area (Å²) in [6.45, 7) is 3.96. The lowest BCUT2D eigenvalue weighted by Crippen LogP contribution is -2.58. The average molecular weight is 356 g/mol. The highest BCUT2D eigenvalue weighted by molar-refractivity contribution is 8.01. The smallest absolute Gasteiger partial charge is 0.118 e. The van der Waals surface area contributed by atoms with Crippen LogP contribution in [0.4, 0.5) is 0 Å². The van der Waals surface area contributed by atoms with Crippen LogP contribution in [-0.2, 0) is 17.9 Å². The van der Waals surface area contributed by atoms with Gasteiger partial charge in [-0.25, -0.2) is 0 Å². The zero-order valence-corrected chi connectivity index (χ0v) is 15.4. The van der Waals surface area contributed by atoms with Crippen LogP contribution in [0.5, 0.6) is 5.75 Å². The van der Waals surface area contributed by atoms with Crippen LogP contribution in [0.1, 0.15) is 17.7 Å². The number of pyridine rings is 1. The zero-order valence-electron chi connectivity index (χ0n) is 14.6. The zero-order chi connectivity index (χ0) is 17.1. The number of methoxy groups -OCH3 is 1. The summed E-state index contributed by atoms with van der Waals surface area (Å²) < 4.78 is 11.7. The summed E-state index contributed by atoms with van der Waals surface area (Å²) in [4.78, 5) is 6.86. The standard InChI is InChI=1S/C20H24N2O2S/c1-23-18-7-5-16(6-8-18)11-22-14-20(15-22)10-19(13-25-20)24-12-17-4-2-3-9-21-17/h2-9,19H,10-15H2,1H3/t19-/m1/s1. The van der Waals surface area contributed by atoms with Crippen LogP contribution in [0.3, 0.4) is 0 Å². The molecule has 1 aromatic carbocycles. The molecule has 0 amide bonds. The van der Waals surface area contributed by atoms with E-state index in [0.717, 1.165) is 43.3 Å². The third-order valence-corrected chi connectivity index (χ3v) is 6.53. The van der Waals surface area contributed by atoms with Crippen molar-refractivity contribution in [3.8, 4) is 5.75 Å². The second-order valence-electron chi connectivity index (χ2n) is 6.95. The molecule has 1 atom stereocenters. The third-order valence-electron chi connectivity index (χ3n) is 4.96. The maximum absolute atomic E-state index is 6.08. The first-order chi connectivity index (χ1) is 12.2. The van der Waals surface area contributed by atoms with Crippen LogP contribution in [0.15, 0.2) is 48.7 Å². The lowest BCUT2D eigenvalue weighted by Gasteiger charge is -2.47. The molecule has 2 saturated heterocycles. The van der Waals surface area contributed by atoms with Gasteiger partial charge in [-0.15, -0.1) is 11.8 Å². The van der Waals surface area contributed by atoms with Crippen molar-refractivity contribution in [1.29, 1.82) is 0 Å². The number of aromatic nitrogens is 1. The second kappa shape index (κ2) is 7.36. The number of ether oxygens (including phenoxy) is 2. The van der Waals surface area contributed by atoms with Gasteiger partial charge >= 0.3 is 0 Å². The number of likely N-dealkylation sites (tertiary alicyclic amines) is 1. The minimum absolute atomic E-state index is 0.357. The van der Waals surface area contributed by atoms with E-state index in [1.165, 1.54) is 5.56 Å². The Labute approximate surface area is 153 Å². The SMILES string of the molecule is COc1ccc(CN2CC3(C[C@@H](OCc4ccccn4)CS3)C2)cc1. The summed E-state index contributed by atoms with van der Waals surface area (Å²) in [6, 6.07) is 14.4. The van der Waals surface area contributed by atoms with Crippen LogP contribution in [0.25, 0.3) is 0 Å². The van der Waals surface area contributed by atoms with Gasteiger partial charge < -0.3 is 9.47 Å². The van der Waals surface area contributed by atoms with Gasteiger partial charge in [0.25, 0.3) is 0 Å². The monoisotopic (exact) mass is 356 g/mol. The molecule has 1 aromatic heterocycles. The highest BCUT2D eigenvalue weighted by Gasteiger charge is 2.49. The van der Waals surface area contributed by atoms with Crippen molar-refractivity contribution in [3.63, 3.8) is 0 Å². The van der Waals surface area contributed by atoms with Crippen LogP contribution in [0, 0.1) is 0 Å². The fraction of sp³-hybridized carbons (Fsp3) is 0.450. The largest absolute Gasteiger partial charge is 0.497 e. The molecule has 0 N–H and O–H groups in total. The maximum atomic E-state index is 6.08. The Bertz CT molecular complexity index is 687. The second-order valence-corrected chi connectivity index (χ2v) is 8.43. The van der Waals surface area contributed by atoms with E-state index in [1.54, 1.807) is 7.11 Å². The van der Waals surface area contributed by atoms with Gasteiger partial charge in [0.1, 0.15) is 5.75 Å². The van der Waals surface area contributed by atoms with Crippen molar-refractivity contribution < 1.29 is 9.47 Å². The molecule has 2 aliphatic rings. The fourth-order valence-corrected chi connectivity index (χ4v) is 5.29. The minimum atomic E-state index is 0.357. The Morgan fingerprint density at radius 2 is 2.04 bits per heavy atom. The molecule has 1 spiro atoms. The maximum Gasteiger partial charge on any atom is 0.118 e. The normalized spacial score (nSPS) is 22.0. The molecule has 4 nitrogen and oxygen atoms in total. The first-order valence-electron chi connectivity index (χ1n) is 8.75. The summed E-state index contributed by atoms with van der Waals surface area (Å²) in [5.74, 6) is 2.02. The molecule has 132 valence electrons. The predicted octanol–water partition coefficient (Wildman–Crippen LogP) is 3.37. The quantitative estimate of drug-likeness (QED) is 0.793. The topological polar surface area (TPSA) is 34.6 Å². The van der Waals surface area contributed by atoms with Crippen molar-refractivity contribution in [2.75, 3.05) is 26.0 Å². The van der Waals surface area contributed by atoms with Crippen molar-refractivity contribution >= 4 is 11.8 Å². The summed E-state index contributed by atoms with van der Waals surface area (Å²) in [5.41, 5.74) is 2.37. The molecule has 2 fully saturated rings. The first kappa shape index (κ1) is 16.9. The molecule has 25 heavy (non-hydrogen) atoms. The first-order valence-corrected chi connectivity index (χ1v) is 9.74. The highest BCUT2D eigenvalue weighted by atomic mass is 32.2. The number of hydrogen-bond acceptors (Lipinski definition) is 5. The molecular weight excluding hydrogens is 332 g/mol. The van der Waals surface area contributed by atoms with E-state index in [1.807, 2.05) is 36.5 Å². The Morgan fingerprint density at radius 1 is 1.20 bits per heavy atom. The van der Waals surface area contributed by atoms with Gasteiger partial charge in [0.15, 0.2) is 0 Å². The van der Waals surface area contributed by atoms with Gasteiger partial charge in [-0.05, 0) is 36.2 Å². The van der Waals surface area contributed by atoms with E-state index in [4.69, 9.17) is 9.47 Å². The Kier molecular flexibility index (Phi) is 4.97. The fourth-order valence-electron chi connectivity index (χ4n) is 3.69. The molecule has 0 radical (unpaired) electrons. The Hall–Kier alpha value is -1.56. The third kappa shape index (κ3) is 4.00. The van der Waals surface area contributed by atoms with Gasteiger partial charge in [0.05, 0.1) is 25.5 Å². The number of thioether (sulfide) groups is 1. The van der Waals surface area contributed by atoms with Crippen LogP contribution < -0.4 is 4.74 Å². The van der Waals surface area contributed by atoms with Crippen molar-refractivity contribution in [2.24, 2.45) is 0 Å². The van der Waals surface area contributed by atoms with Crippen LogP contribution in [-0.4, -0.2) is 46.7 Å². The molecular formula is C20H24N2O2S. The lowest BCUT2D eigenvalue weighted by molar-refractivity contribution is 0.0251. The van der Waals surface area contributed by atoms with Gasteiger partial charge in [0.2, 0.25) is 0 Å². The minimum Gasteiger partial charge on any atom is -0.497 e. The average Bonchev–Trinajstić information content (AvgIpc) is 3.06. The Balaban J connectivity index is 1.23. The van der Waals surface area contributed by atoms with Crippen LogP contribution >= 0.6 is 11.8 Å². The molecule has 0 bridgehead atoms. The molecule has 0 aliphatic carbocycles. The molecule has 5 heteroatoms. The molecule has 0 unspecified atom stereocenters. The summed E-state index contributed by atoms with van der Waals surface area (Å²) in [5, 5.41) is 0. The van der Waals surface area contributed by atoms with E-state index in [2.05, 4.69) is 33.8 Å². The van der Waals surface area contributed by atoms with Crippen molar-refractivity contribution in [3.05, 3.63) is 59.9 Å². The summed E-state index contributed by atoms with van der Waals surface area (Å²) in [6.07, 6.45) is 3.34. The van der Waals surface area contributed by atoms with Crippen molar-refractivity contribution in [1.82, 2.24) is 9.88 Å². The van der Waals surface area contributed by atoms with E-state index in [0.29, 0.717) is 17.5 Å². The van der Waals surface area contributed by atoms with E-state index < -0.39 is 0 Å². The molecule has 0 saturated carbocycles. The number of benzene rings is 1. The van der Waals surface area contributed by atoms with Gasteiger partial charge in [-0.2, -0.15) is 0 Å². The number of rotatable bonds is 6. The van der Waals surface area contributed by atoms with E-state index in [9.17, 15) is 0 Å². The van der Waals surface area contributed by atoms with Gasteiger partial charge in [-0.3, -0.25) is 9.88 Å². The highest BCUT2D eigenvalue weighted by Crippen LogP contribution is 2.46. The number of nitrogens with zero attached hydrogens (tertiary/aromatic N) is 2. The molecule has 2 aliphatic heterocycles. The van der Waals surface area contributed by atoms with E-state index in [-0.39, 0.29) is 0 Å². The molecule has 2 aromatic rings. The lowest BCUT2D eigenvalue weighted by atomic mass is 9.92. The summed E-state index contributed by atoms with van der Waals surface area (Å²) in [7, 11) is 1.71. The molecule has 3 heterocycles. The van der Waals surface area contributed by atoms with Gasteiger partial charge in [0, 0.05) is 36.3 Å². The number of hydrogen-bond donors (Lipinski definition) is 0. The molecule has 4 rings (SSSR count). The Morgan fingerprint density at radius 3 is 2.76 bits per heavy atom. The van der Waals surface area contributed by atoms with E-state index >= 15 is 0 Å². The predicted molar refractivity (Wildman–Crippen MR) is 101 cm³/mol. The van der Waals surface area contributed by atoms with Gasteiger partial charge in [-0.1, -0.05) is 18.2 Å². The summed E-state index contributed by atoms with van der Waals surface area (Å²) >= 11 is 2.09. The van der Waals surface area contributed by atoms with Crippen LogP contribution in [0.2, 0.25) is 0 Å². The van der Waals surface area contributed by atoms with Crippen molar-refractivity contribution in [2.45, 2.75) is 30.4 Å².